The van der Waals surface area contributed by atoms with Gasteiger partial charge in [-0.3, -0.25) is 4.79 Å². The van der Waals surface area contributed by atoms with Crippen molar-refractivity contribution in [2.45, 2.75) is 43.0 Å². The van der Waals surface area contributed by atoms with Gasteiger partial charge < -0.3 is 25.0 Å². The summed E-state index contributed by atoms with van der Waals surface area (Å²) in [4.78, 5) is 25.1. The number of carboxylic acid groups (broad SMARTS) is 1. The zero-order valence-electron chi connectivity index (χ0n) is 25.6. The van der Waals surface area contributed by atoms with Crippen molar-refractivity contribution in [2.75, 3.05) is 5.75 Å². The van der Waals surface area contributed by atoms with Crippen LogP contribution in [0.5, 0.6) is 0 Å². The van der Waals surface area contributed by atoms with Gasteiger partial charge in [0.2, 0.25) is 0 Å². The maximum Gasteiger partial charge on any atom is 0.336 e. The van der Waals surface area contributed by atoms with Gasteiger partial charge in [0.05, 0.1) is 24.4 Å². The lowest BCUT2D eigenvalue weighted by atomic mass is 9.97. The molecule has 1 saturated heterocycles. The Morgan fingerprint density at radius 1 is 0.766 bits per heavy atom. The third-order valence-electron chi connectivity index (χ3n) is 8.14. The average Bonchev–Trinajstić information content (AvgIpc) is 3.13. The van der Waals surface area contributed by atoms with E-state index in [-0.39, 0.29) is 30.3 Å². The second-order valence-corrected chi connectivity index (χ2v) is 12.4. The van der Waals surface area contributed by atoms with Crippen LogP contribution in [0.2, 0.25) is 0 Å². The van der Waals surface area contributed by atoms with Gasteiger partial charge in [0.1, 0.15) is 0 Å². The maximum atomic E-state index is 12.7. The molecule has 0 radical (unpaired) electrons. The number of nitrogens with one attached hydrogen (secondary N) is 1. The molecule has 5 aromatic carbocycles. The summed E-state index contributed by atoms with van der Waals surface area (Å²) in [5.74, 6) is -0.529. The van der Waals surface area contributed by atoms with E-state index in [1.807, 2.05) is 103 Å². The number of hydrogen-bond donors (Lipinski definition) is 3. The number of hydrogen-bond acceptors (Lipinski definition) is 6. The van der Waals surface area contributed by atoms with Crippen molar-refractivity contribution in [3.05, 3.63) is 161 Å². The zero-order valence-corrected chi connectivity index (χ0v) is 26.4. The second kappa shape index (κ2) is 15.2. The summed E-state index contributed by atoms with van der Waals surface area (Å²) in [6.07, 6.45) is -0.509. The van der Waals surface area contributed by atoms with E-state index in [1.165, 1.54) is 11.8 Å². The van der Waals surface area contributed by atoms with Crippen LogP contribution in [-0.2, 0) is 22.6 Å². The summed E-state index contributed by atoms with van der Waals surface area (Å²) < 4.78 is 13.0. The van der Waals surface area contributed by atoms with Crippen molar-refractivity contribution < 1.29 is 29.3 Å². The minimum Gasteiger partial charge on any atom is -0.478 e. The Labute approximate surface area is 278 Å². The molecule has 0 unspecified atom stereocenters. The molecule has 1 aliphatic rings. The van der Waals surface area contributed by atoms with Gasteiger partial charge >= 0.3 is 5.97 Å². The number of ether oxygens (including phenoxy) is 2. The number of rotatable bonds is 11. The van der Waals surface area contributed by atoms with E-state index in [2.05, 4.69) is 5.32 Å². The molecule has 3 N–H and O–H groups in total. The van der Waals surface area contributed by atoms with Gasteiger partial charge in [0.15, 0.2) is 6.29 Å². The molecule has 238 valence electrons. The molecule has 5 aromatic rings. The number of aromatic carboxylic acids is 1. The summed E-state index contributed by atoms with van der Waals surface area (Å²) in [5.41, 5.74) is 6.58. The van der Waals surface area contributed by atoms with Crippen LogP contribution in [0.25, 0.3) is 11.1 Å². The summed E-state index contributed by atoms with van der Waals surface area (Å²) in [6.45, 7) is 0.357. The molecule has 0 bridgehead atoms. The Bertz CT molecular complexity index is 1810. The van der Waals surface area contributed by atoms with Gasteiger partial charge in [-0.15, -0.1) is 11.8 Å². The fourth-order valence-corrected chi connectivity index (χ4v) is 6.68. The molecule has 7 nitrogen and oxygen atoms in total. The van der Waals surface area contributed by atoms with Crippen molar-refractivity contribution in [1.82, 2.24) is 5.32 Å². The lowest BCUT2D eigenvalue weighted by Crippen LogP contribution is -2.31. The van der Waals surface area contributed by atoms with Crippen LogP contribution >= 0.6 is 11.8 Å². The Morgan fingerprint density at radius 3 is 2.19 bits per heavy atom. The first kappa shape index (κ1) is 32.2. The van der Waals surface area contributed by atoms with Crippen molar-refractivity contribution in [2.24, 2.45) is 0 Å². The summed E-state index contributed by atoms with van der Waals surface area (Å²) >= 11 is 1.46. The first-order valence-electron chi connectivity index (χ1n) is 15.5. The number of thioether (sulfide) groups is 1. The van der Waals surface area contributed by atoms with E-state index in [0.717, 1.165) is 33.4 Å². The Kier molecular flexibility index (Phi) is 10.4. The quantitative estimate of drug-likeness (QED) is 0.126. The normalized spacial score (nSPS) is 17.6. The lowest BCUT2D eigenvalue weighted by Gasteiger charge is -2.36. The van der Waals surface area contributed by atoms with E-state index in [0.29, 0.717) is 29.2 Å². The largest absolute Gasteiger partial charge is 0.478 e. The molecule has 1 aliphatic heterocycles. The second-order valence-electron chi connectivity index (χ2n) is 11.3. The minimum absolute atomic E-state index is 0.0331. The van der Waals surface area contributed by atoms with Crippen molar-refractivity contribution in [1.29, 1.82) is 0 Å². The number of carbonyl (C=O) groups excluding carboxylic acids is 1. The number of benzene rings is 5. The standard InChI is InChI=1S/C39H35NO6S/c41-24-26-14-16-28(17-15-26)35-22-32(25-47-36-13-7-6-12-34(36)38(43)44)45-39(46-35)30-20-18-27(19-21-30)33-11-5-4-10-31(33)23-40-37(42)29-8-2-1-3-9-29/h1-21,32,35,39,41H,22-25H2,(H,40,42)(H,43,44)/t32-,35+,39+/m1/s1. The van der Waals surface area contributed by atoms with Gasteiger partial charge in [-0.2, -0.15) is 0 Å². The van der Waals surface area contributed by atoms with Crippen LogP contribution < -0.4 is 5.32 Å². The SMILES string of the molecule is O=C(NCc1ccccc1-c1ccc([C@H]2O[C@@H](CSc3ccccc3C(=O)O)C[C@@H](c3ccc(CO)cc3)O2)cc1)c1ccccc1. The van der Waals surface area contributed by atoms with E-state index in [9.17, 15) is 19.8 Å². The minimum atomic E-state index is -0.957. The first-order chi connectivity index (χ1) is 23.0. The van der Waals surface area contributed by atoms with Crippen molar-refractivity contribution >= 4 is 23.6 Å². The van der Waals surface area contributed by atoms with Gasteiger partial charge in [0.25, 0.3) is 5.91 Å². The highest BCUT2D eigenvalue weighted by molar-refractivity contribution is 7.99. The topological polar surface area (TPSA) is 105 Å². The van der Waals surface area contributed by atoms with Gasteiger partial charge in [0, 0.05) is 34.7 Å². The Balaban J connectivity index is 1.20. The van der Waals surface area contributed by atoms with Gasteiger partial charge in [-0.1, -0.05) is 103 Å². The highest BCUT2D eigenvalue weighted by atomic mass is 32.2. The van der Waals surface area contributed by atoms with E-state index in [4.69, 9.17) is 9.47 Å². The van der Waals surface area contributed by atoms with E-state index < -0.39 is 12.3 Å². The fourth-order valence-electron chi connectivity index (χ4n) is 5.62. The molecule has 8 heteroatoms. The molecule has 3 atom stereocenters. The highest BCUT2D eigenvalue weighted by Crippen LogP contribution is 2.40. The number of carboxylic acids is 1. The van der Waals surface area contributed by atoms with Crippen LogP contribution in [0.1, 0.15) is 61.8 Å². The van der Waals surface area contributed by atoms with Crippen molar-refractivity contribution in [3.63, 3.8) is 0 Å². The molecular formula is C39H35NO6S. The highest BCUT2D eigenvalue weighted by Gasteiger charge is 2.32. The van der Waals surface area contributed by atoms with E-state index >= 15 is 0 Å². The van der Waals surface area contributed by atoms with Crippen LogP contribution in [0.4, 0.5) is 0 Å². The molecule has 0 aromatic heterocycles. The Morgan fingerprint density at radius 2 is 1.45 bits per heavy atom. The average molecular weight is 646 g/mol. The van der Waals surface area contributed by atoms with Crippen LogP contribution in [0.3, 0.4) is 0 Å². The van der Waals surface area contributed by atoms with Crippen LogP contribution in [0.15, 0.2) is 132 Å². The lowest BCUT2D eigenvalue weighted by molar-refractivity contribution is -0.245. The molecule has 0 spiro atoms. The van der Waals surface area contributed by atoms with Gasteiger partial charge in [-0.05, 0) is 52.1 Å². The fraction of sp³-hybridized carbons (Fsp3) is 0.179. The van der Waals surface area contributed by atoms with E-state index in [1.54, 1.807) is 24.3 Å². The molecule has 47 heavy (non-hydrogen) atoms. The maximum absolute atomic E-state index is 12.7. The predicted octanol–water partition coefficient (Wildman–Crippen LogP) is 7.81. The molecule has 1 heterocycles. The third-order valence-corrected chi connectivity index (χ3v) is 9.35. The smallest absolute Gasteiger partial charge is 0.336 e. The molecule has 1 amide bonds. The molecular weight excluding hydrogens is 610 g/mol. The molecule has 6 rings (SSSR count). The van der Waals surface area contributed by atoms with Crippen molar-refractivity contribution in [3.8, 4) is 11.1 Å². The number of amides is 1. The number of carbonyl (C=O) groups is 2. The summed E-state index contributed by atoms with van der Waals surface area (Å²) in [5, 5.41) is 22.2. The molecule has 0 saturated carbocycles. The van der Waals surface area contributed by atoms with Crippen LogP contribution in [-0.4, -0.2) is 33.9 Å². The monoisotopic (exact) mass is 645 g/mol. The number of aliphatic hydroxyl groups is 1. The summed E-state index contributed by atoms with van der Waals surface area (Å²) in [7, 11) is 0. The predicted molar refractivity (Wildman–Crippen MR) is 182 cm³/mol. The number of aliphatic hydroxyl groups excluding tert-OH is 1. The summed E-state index contributed by atoms with van der Waals surface area (Å²) in [6, 6.07) is 40.0. The van der Waals surface area contributed by atoms with Crippen LogP contribution in [0, 0.1) is 0 Å². The first-order valence-corrected chi connectivity index (χ1v) is 16.4. The molecule has 0 aliphatic carbocycles. The molecule has 1 fully saturated rings. The third kappa shape index (κ3) is 7.99. The zero-order chi connectivity index (χ0) is 32.6. The Hall–Kier alpha value is -4.73. The van der Waals surface area contributed by atoms with Gasteiger partial charge in [-0.25, -0.2) is 4.79 Å².